The first-order valence-corrected chi connectivity index (χ1v) is 8.07. The molecule has 0 saturated heterocycles. The third kappa shape index (κ3) is 4.86. The number of amides is 1. The van der Waals surface area contributed by atoms with Crippen molar-refractivity contribution in [3.8, 4) is 0 Å². The number of anilines is 1. The fraction of sp³-hybridized carbons (Fsp3) is 0.100. The van der Waals surface area contributed by atoms with E-state index >= 15 is 0 Å². The molecule has 0 aliphatic heterocycles. The number of halogens is 2. The van der Waals surface area contributed by atoms with Gasteiger partial charge in [-0.3, -0.25) is 4.79 Å². The lowest BCUT2D eigenvalue weighted by Gasteiger charge is -2.08. The van der Waals surface area contributed by atoms with E-state index in [0.29, 0.717) is 18.8 Å². The van der Waals surface area contributed by atoms with E-state index in [-0.39, 0.29) is 17.5 Å². The molecule has 0 spiro atoms. The Balaban J connectivity index is 1.52. The van der Waals surface area contributed by atoms with Gasteiger partial charge in [0, 0.05) is 13.1 Å². The van der Waals surface area contributed by atoms with Gasteiger partial charge in [0.1, 0.15) is 17.3 Å². The zero-order valence-corrected chi connectivity index (χ0v) is 13.9. The zero-order valence-electron chi connectivity index (χ0n) is 13.9. The van der Waals surface area contributed by atoms with E-state index in [1.165, 1.54) is 24.3 Å². The third-order valence-electron chi connectivity index (χ3n) is 3.77. The Labute approximate surface area is 149 Å². The van der Waals surface area contributed by atoms with Gasteiger partial charge in [-0.2, -0.15) is 0 Å². The highest BCUT2D eigenvalue weighted by molar-refractivity contribution is 5.92. The average Bonchev–Trinajstić information content (AvgIpc) is 2.67. The first-order chi connectivity index (χ1) is 12.6. The van der Waals surface area contributed by atoms with Gasteiger partial charge in [0.15, 0.2) is 0 Å². The van der Waals surface area contributed by atoms with Crippen LogP contribution in [0.25, 0.3) is 0 Å². The van der Waals surface area contributed by atoms with Gasteiger partial charge in [-0.15, -0.1) is 0 Å². The molecule has 6 heteroatoms. The Morgan fingerprint density at radius 3 is 1.92 bits per heavy atom. The van der Waals surface area contributed by atoms with Crippen molar-refractivity contribution in [3.63, 3.8) is 0 Å². The van der Waals surface area contributed by atoms with Gasteiger partial charge in [-0.1, -0.05) is 24.3 Å². The minimum absolute atomic E-state index is 0.272. The van der Waals surface area contributed by atoms with E-state index in [1.54, 1.807) is 42.6 Å². The number of hydrogen-bond acceptors (Lipinski definition) is 3. The summed E-state index contributed by atoms with van der Waals surface area (Å²) in [4.78, 5) is 16.2. The Hall–Kier alpha value is -3.28. The van der Waals surface area contributed by atoms with Crippen molar-refractivity contribution in [1.82, 2.24) is 10.3 Å². The Kier molecular flexibility index (Phi) is 5.53. The molecule has 3 rings (SSSR count). The standard InChI is InChI=1S/C20H17F2N3O/c21-16-5-1-14(2-6-16)11-23-18-9-10-19(24-13-18)20(26)25-12-15-3-7-17(22)8-4-15/h1-10,13,23H,11-12H2,(H,25,26). The molecule has 0 bridgehead atoms. The second kappa shape index (κ2) is 8.20. The molecule has 1 heterocycles. The molecule has 1 amide bonds. The topological polar surface area (TPSA) is 54.0 Å². The summed E-state index contributed by atoms with van der Waals surface area (Å²) in [6, 6.07) is 15.5. The van der Waals surface area contributed by atoms with Crippen LogP contribution in [0.3, 0.4) is 0 Å². The zero-order chi connectivity index (χ0) is 18.4. The van der Waals surface area contributed by atoms with Gasteiger partial charge in [0.2, 0.25) is 0 Å². The summed E-state index contributed by atoms with van der Waals surface area (Å²) in [5.41, 5.74) is 2.79. The second-order valence-corrected chi connectivity index (χ2v) is 5.72. The molecular weight excluding hydrogens is 336 g/mol. The van der Waals surface area contributed by atoms with Crippen LogP contribution in [0.5, 0.6) is 0 Å². The molecular formula is C20H17F2N3O. The number of aromatic nitrogens is 1. The van der Waals surface area contributed by atoms with Crippen molar-refractivity contribution < 1.29 is 13.6 Å². The van der Waals surface area contributed by atoms with Gasteiger partial charge in [-0.05, 0) is 47.5 Å². The molecule has 4 nitrogen and oxygen atoms in total. The van der Waals surface area contributed by atoms with Crippen LogP contribution in [0, 0.1) is 11.6 Å². The normalized spacial score (nSPS) is 10.4. The molecule has 0 aliphatic rings. The molecule has 0 unspecified atom stereocenters. The number of nitrogens with one attached hydrogen (secondary N) is 2. The summed E-state index contributed by atoms with van der Waals surface area (Å²) in [5.74, 6) is -0.892. The molecule has 0 radical (unpaired) electrons. The van der Waals surface area contributed by atoms with E-state index in [1.807, 2.05) is 0 Å². The quantitative estimate of drug-likeness (QED) is 0.707. The van der Waals surface area contributed by atoms with Crippen LogP contribution < -0.4 is 10.6 Å². The highest BCUT2D eigenvalue weighted by Crippen LogP contribution is 2.10. The fourth-order valence-electron chi connectivity index (χ4n) is 2.31. The molecule has 0 fully saturated rings. The molecule has 2 aromatic carbocycles. The minimum Gasteiger partial charge on any atom is -0.380 e. The average molecular weight is 353 g/mol. The van der Waals surface area contributed by atoms with Crippen LogP contribution in [0.4, 0.5) is 14.5 Å². The maximum Gasteiger partial charge on any atom is 0.270 e. The number of hydrogen-bond donors (Lipinski definition) is 2. The van der Waals surface area contributed by atoms with E-state index in [9.17, 15) is 13.6 Å². The number of carbonyl (C=O) groups excluding carboxylic acids is 1. The first-order valence-electron chi connectivity index (χ1n) is 8.07. The summed E-state index contributed by atoms with van der Waals surface area (Å²) in [5, 5.41) is 5.89. The van der Waals surface area contributed by atoms with Gasteiger partial charge >= 0.3 is 0 Å². The molecule has 1 aromatic heterocycles. The molecule has 26 heavy (non-hydrogen) atoms. The minimum atomic E-state index is -0.314. The first kappa shape index (κ1) is 17.5. The van der Waals surface area contributed by atoms with Crippen LogP contribution in [-0.2, 0) is 13.1 Å². The predicted molar refractivity (Wildman–Crippen MR) is 95.5 cm³/mol. The van der Waals surface area contributed by atoms with Crippen LogP contribution in [0.15, 0.2) is 66.9 Å². The van der Waals surface area contributed by atoms with E-state index in [2.05, 4.69) is 15.6 Å². The van der Waals surface area contributed by atoms with E-state index < -0.39 is 0 Å². The predicted octanol–water partition coefficient (Wildman–Crippen LogP) is 3.90. The van der Waals surface area contributed by atoms with E-state index in [0.717, 1.165) is 16.8 Å². The largest absolute Gasteiger partial charge is 0.380 e. The van der Waals surface area contributed by atoms with Gasteiger partial charge in [0.05, 0.1) is 11.9 Å². The number of pyridine rings is 1. The molecule has 3 aromatic rings. The van der Waals surface area contributed by atoms with Crippen molar-refractivity contribution in [2.75, 3.05) is 5.32 Å². The van der Waals surface area contributed by atoms with Crippen LogP contribution >= 0.6 is 0 Å². The summed E-state index contributed by atoms with van der Waals surface area (Å²) in [6.07, 6.45) is 1.57. The Morgan fingerprint density at radius 2 is 1.38 bits per heavy atom. The summed E-state index contributed by atoms with van der Waals surface area (Å²) in [6.45, 7) is 0.823. The Bertz CT molecular complexity index is 863. The fourth-order valence-corrected chi connectivity index (χ4v) is 2.31. The van der Waals surface area contributed by atoms with Gasteiger partial charge < -0.3 is 10.6 Å². The Morgan fingerprint density at radius 1 is 0.808 bits per heavy atom. The van der Waals surface area contributed by atoms with Crippen molar-refractivity contribution in [1.29, 1.82) is 0 Å². The monoisotopic (exact) mass is 353 g/mol. The third-order valence-corrected chi connectivity index (χ3v) is 3.77. The molecule has 132 valence electrons. The van der Waals surface area contributed by atoms with Crippen LogP contribution in [-0.4, -0.2) is 10.9 Å². The van der Waals surface area contributed by atoms with Gasteiger partial charge in [-0.25, -0.2) is 13.8 Å². The number of benzene rings is 2. The van der Waals surface area contributed by atoms with Crippen LogP contribution in [0.1, 0.15) is 21.6 Å². The lowest BCUT2D eigenvalue weighted by Crippen LogP contribution is -2.23. The van der Waals surface area contributed by atoms with Crippen molar-refractivity contribution in [2.24, 2.45) is 0 Å². The summed E-state index contributed by atoms with van der Waals surface area (Å²) in [7, 11) is 0. The molecule has 0 atom stereocenters. The molecule has 0 aliphatic carbocycles. The highest BCUT2D eigenvalue weighted by Gasteiger charge is 2.07. The maximum absolute atomic E-state index is 12.9. The second-order valence-electron chi connectivity index (χ2n) is 5.72. The SMILES string of the molecule is O=C(NCc1ccc(F)cc1)c1ccc(NCc2ccc(F)cc2)cn1. The number of carbonyl (C=O) groups is 1. The van der Waals surface area contributed by atoms with Gasteiger partial charge in [0.25, 0.3) is 5.91 Å². The summed E-state index contributed by atoms with van der Waals surface area (Å²) >= 11 is 0. The number of nitrogens with zero attached hydrogens (tertiary/aromatic N) is 1. The molecule has 2 N–H and O–H groups in total. The van der Waals surface area contributed by atoms with Crippen molar-refractivity contribution >= 4 is 11.6 Å². The molecule has 0 saturated carbocycles. The maximum atomic E-state index is 12.9. The lowest BCUT2D eigenvalue weighted by molar-refractivity contribution is 0.0946. The van der Waals surface area contributed by atoms with Crippen molar-refractivity contribution in [2.45, 2.75) is 13.1 Å². The summed E-state index contributed by atoms with van der Waals surface area (Å²) < 4.78 is 25.7. The smallest absolute Gasteiger partial charge is 0.270 e. The van der Waals surface area contributed by atoms with Crippen LogP contribution in [0.2, 0.25) is 0 Å². The van der Waals surface area contributed by atoms with Crippen molar-refractivity contribution in [3.05, 3.63) is 95.3 Å². The van der Waals surface area contributed by atoms with E-state index in [4.69, 9.17) is 0 Å². The number of rotatable bonds is 6. The lowest BCUT2D eigenvalue weighted by atomic mass is 10.2. The highest BCUT2D eigenvalue weighted by atomic mass is 19.1.